The summed E-state index contributed by atoms with van der Waals surface area (Å²) in [6.45, 7) is 2.09. The smallest absolute Gasteiger partial charge is 0.308 e. The van der Waals surface area contributed by atoms with E-state index in [1.54, 1.807) is 6.07 Å². The minimum Gasteiger partial charge on any atom is -0.493 e. The van der Waals surface area contributed by atoms with E-state index in [1.165, 1.54) is 6.92 Å². The lowest BCUT2D eigenvalue weighted by atomic mass is 10.0. The summed E-state index contributed by atoms with van der Waals surface area (Å²) in [5, 5.41) is 13.1. The number of rotatable bonds is 7. The number of para-hydroxylation sites is 2. The highest BCUT2D eigenvalue weighted by atomic mass is 16.5. The molecule has 2 unspecified atom stereocenters. The number of H-pyrrole nitrogens is 1. The molecule has 2 aromatic carbocycles. The van der Waals surface area contributed by atoms with Gasteiger partial charge in [0, 0.05) is 23.9 Å². The lowest BCUT2D eigenvalue weighted by Crippen LogP contribution is -2.40. The van der Waals surface area contributed by atoms with Crippen molar-refractivity contribution < 1.29 is 23.9 Å². The maximum Gasteiger partial charge on any atom is 0.308 e. The van der Waals surface area contributed by atoms with E-state index in [0.717, 1.165) is 16.8 Å². The second-order valence-electron chi connectivity index (χ2n) is 7.49. The molecular weight excluding hydrogens is 412 g/mol. The number of nitrogens with zero attached hydrogens (tertiary/aromatic N) is 1. The van der Waals surface area contributed by atoms with Crippen LogP contribution < -0.4 is 15.4 Å². The fraction of sp³-hybridized carbons (Fsp3) is 0.304. The van der Waals surface area contributed by atoms with Crippen LogP contribution in [0.15, 0.2) is 48.5 Å². The average molecular weight is 436 g/mol. The normalized spacial score (nSPS) is 15.8. The summed E-state index contributed by atoms with van der Waals surface area (Å²) in [5.74, 6) is -0.604. The van der Waals surface area contributed by atoms with Gasteiger partial charge in [-0.1, -0.05) is 36.4 Å². The van der Waals surface area contributed by atoms with Crippen LogP contribution in [0.3, 0.4) is 0 Å². The average Bonchev–Trinajstić information content (AvgIpc) is 3.23. The van der Waals surface area contributed by atoms with E-state index < -0.39 is 12.1 Å². The van der Waals surface area contributed by atoms with E-state index in [-0.39, 0.29) is 36.5 Å². The third-order valence-electron chi connectivity index (χ3n) is 5.25. The van der Waals surface area contributed by atoms with Gasteiger partial charge in [-0.05, 0) is 19.1 Å². The molecule has 1 aliphatic heterocycles. The highest BCUT2D eigenvalue weighted by molar-refractivity contribution is 6.04. The van der Waals surface area contributed by atoms with Gasteiger partial charge < -0.3 is 20.1 Å². The van der Waals surface area contributed by atoms with E-state index in [9.17, 15) is 14.4 Å². The fourth-order valence-electron chi connectivity index (χ4n) is 3.59. The number of fused-ring (bicyclic) bond motifs is 2. The first-order chi connectivity index (χ1) is 15.5. The molecule has 0 bridgehead atoms. The van der Waals surface area contributed by atoms with Crippen molar-refractivity contribution in [2.45, 2.75) is 31.9 Å². The Bertz CT molecular complexity index is 1140. The van der Waals surface area contributed by atoms with E-state index in [4.69, 9.17) is 9.47 Å². The Labute approximate surface area is 184 Å². The van der Waals surface area contributed by atoms with Crippen LogP contribution in [0.1, 0.15) is 41.9 Å². The number of aromatic nitrogens is 2. The van der Waals surface area contributed by atoms with Gasteiger partial charge in [-0.25, -0.2) is 0 Å². The van der Waals surface area contributed by atoms with Gasteiger partial charge in [-0.15, -0.1) is 0 Å². The molecule has 9 nitrogen and oxygen atoms in total. The van der Waals surface area contributed by atoms with Crippen LogP contribution in [0, 0.1) is 0 Å². The molecule has 0 radical (unpaired) electrons. The minimum absolute atomic E-state index is 0.0637. The molecule has 32 heavy (non-hydrogen) atoms. The number of esters is 1. The predicted molar refractivity (Wildman–Crippen MR) is 116 cm³/mol. The molecular formula is C23H24N4O5. The molecule has 0 saturated carbocycles. The number of hydrogen-bond donors (Lipinski definition) is 3. The van der Waals surface area contributed by atoms with Crippen LogP contribution in [0.5, 0.6) is 5.75 Å². The Hall–Kier alpha value is -3.88. The second-order valence-corrected chi connectivity index (χ2v) is 7.49. The molecule has 3 N–H and O–H groups in total. The lowest BCUT2D eigenvalue weighted by molar-refractivity contribution is -0.155. The van der Waals surface area contributed by atoms with Crippen LogP contribution in [-0.2, 0) is 14.3 Å². The first-order valence-electron chi connectivity index (χ1n) is 10.5. The number of nitrogens with one attached hydrogen (secondary N) is 3. The molecule has 2 atom stereocenters. The summed E-state index contributed by atoms with van der Waals surface area (Å²) in [6, 6.07) is 14.6. The molecule has 4 rings (SSSR count). The summed E-state index contributed by atoms with van der Waals surface area (Å²) >= 11 is 0. The Kier molecular flexibility index (Phi) is 6.34. The Morgan fingerprint density at radius 2 is 1.97 bits per heavy atom. The van der Waals surface area contributed by atoms with Crippen molar-refractivity contribution in [1.29, 1.82) is 0 Å². The number of aromatic amines is 1. The molecule has 2 heterocycles. The van der Waals surface area contributed by atoms with Crippen molar-refractivity contribution in [3.63, 3.8) is 0 Å². The van der Waals surface area contributed by atoms with Crippen LogP contribution in [-0.4, -0.2) is 47.2 Å². The molecule has 0 fully saturated rings. The first-order valence-corrected chi connectivity index (χ1v) is 10.5. The zero-order valence-corrected chi connectivity index (χ0v) is 17.6. The number of benzene rings is 2. The third-order valence-corrected chi connectivity index (χ3v) is 5.25. The summed E-state index contributed by atoms with van der Waals surface area (Å²) < 4.78 is 10.8. The summed E-state index contributed by atoms with van der Waals surface area (Å²) in [4.78, 5) is 37.0. The van der Waals surface area contributed by atoms with Gasteiger partial charge in [-0.3, -0.25) is 19.5 Å². The number of carbonyl (C=O) groups is 3. The van der Waals surface area contributed by atoms with Crippen molar-refractivity contribution in [2.75, 3.05) is 13.2 Å². The molecule has 2 amide bonds. The molecule has 1 aromatic heterocycles. The molecule has 0 spiro atoms. The molecule has 1 aliphatic rings. The summed E-state index contributed by atoms with van der Waals surface area (Å²) in [5.41, 5.74) is 1.92. The molecule has 3 aromatic rings. The van der Waals surface area contributed by atoms with Crippen LogP contribution in [0.4, 0.5) is 0 Å². The van der Waals surface area contributed by atoms with E-state index >= 15 is 0 Å². The number of hydrogen-bond acceptors (Lipinski definition) is 6. The van der Waals surface area contributed by atoms with Gasteiger partial charge in [0.15, 0.2) is 11.8 Å². The monoisotopic (exact) mass is 436 g/mol. The number of amides is 2. The second kappa shape index (κ2) is 9.51. The van der Waals surface area contributed by atoms with E-state index in [2.05, 4.69) is 20.8 Å². The van der Waals surface area contributed by atoms with E-state index in [0.29, 0.717) is 18.4 Å². The molecule has 9 heteroatoms. The zero-order chi connectivity index (χ0) is 22.5. The van der Waals surface area contributed by atoms with Crippen molar-refractivity contribution in [3.8, 4) is 5.75 Å². The first kappa shape index (κ1) is 21.4. The molecule has 0 aliphatic carbocycles. The third kappa shape index (κ3) is 4.72. The van der Waals surface area contributed by atoms with Crippen LogP contribution >= 0.6 is 0 Å². The van der Waals surface area contributed by atoms with Crippen LogP contribution in [0.2, 0.25) is 0 Å². The van der Waals surface area contributed by atoms with Gasteiger partial charge in [0.2, 0.25) is 0 Å². The van der Waals surface area contributed by atoms with E-state index in [1.807, 2.05) is 42.5 Å². The largest absolute Gasteiger partial charge is 0.493 e. The maximum absolute atomic E-state index is 12.5. The minimum atomic E-state index is -0.955. The fourth-order valence-corrected chi connectivity index (χ4v) is 3.59. The van der Waals surface area contributed by atoms with Crippen molar-refractivity contribution in [2.24, 2.45) is 0 Å². The highest BCUT2D eigenvalue weighted by Gasteiger charge is 2.26. The van der Waals surface area contributed by atoms with Crippen molar-refractivity contribution in [1.82, 2.24) is 20.8 Å². The van der Waals surface area contributed by atoms with Gasteiger partial charge >= 0.3 is 5.97 Å². The van der Waals surface area contributed by atoms with Gasteiger partial charge in [-0.2, -0.15) is 5.10 Å². The number of carbonyl (C=O) groups excluding carboxylic acids is 3. The van der Waals surface area contributed by atoms with Crippen molar-refractivity contribution in [3.05, 3.63) is 59.8 Å². The zero-order valence-electron chi connectivity index (χ0n) is 17.6. The standard InChI is InChI=1S/C23H24N4O5/c1-14(22(29)25-17-11-13-31-19-9-5-3-6-15(17)19)32-20(28)10-12-24-23(30)21-16-7-2-4-8-18(16)26-27-21/h2-9,14,17H,10-13H2,1H3,(H,24,30)(H,25,29)(H,26,27). The molecule has 166 valence electrons. The Balaban J connectivity index is 1.23. The topological polar surface area (TPSA) is 122 Å². The quantitative estimate of drug-likeness (QED) is 0.488. The van der Waals surface area contributed by atoms with Gasteiger partial charge in [0.25, 0.3) is 11.8 Å². The summed E-state index contributed by atoms with van der Waals surface area (Å²) in [7, 11) is 0. The SMILES string of the molecule is CC(OC(=O)CCNC(=O)c1n[nH]c2ccccc12)C(=O)NC1CCOc2ccccc21. The lowest BCUT2D eigenvalue weighted by Gasteiger charge is -2.27. The van der Waals surface area contributed by atoms with Gasteiger partial charge in [0.1, 0.15) is 5.75 Å². The number of ether oxygens (including phenoxy) is 2. The van der Waals surface area contributed by atoms with Crippen molar-refractivity contribution >= 4 is 28.7 Å². The maximum atomic E-state index is 12.5. The Morgan fingerprint density at radius 1 is 1.19 bits per heavy atom. The summed E-state index contributed by atoms with van der Waals surface area (Å²) in [6.07, 6.45) is -0.383. The predicted octanol–water partition coefficient (Wildman–Crippen LogP) is 2.25. The van der Waals surface area contributed by atoms with Crippen LogP contribution in [0.25, 0.3) is 10.9 Å². The molecule has 0 saturated heterocycles. The Morgan fingerprint density at radius 3 is 2.84 bits per heavy atom. The highest BCUT2D eigenvalue weighted by Crippen LogP contribution is 2.31. The van der Waals surface area contributed by atoms with Gasteiger partial charge in [0.05, 0.1) is 24.6 Å².